The fourth-order valence-corrected chi connectivity index (χ4v) is 1.94. The first-order chi connectivity index (χ1) is 10.2. The second-order valence-corrected chi connectivity index (χ2v) is 4.50. The van der Waals surface area contributed by atoms with Crippen LogP contribution in [0.3, 0.4) is 0 Å². The predicted octanol–water partition coefficient (Wildman–Crippen LogP) is 1.75. The van der Waals surface area contributed by atoms with Gasteiger partial charge in [-0.3, -0.25) is 4.79 Å². The lowest BCUT2D eigenvalue weighted by Crippen LogP contribution is -2.24. The number of methoxy groups -OCH3 is 3. The summed E-state index contributed by atoms with van der Waals surface area (Å²) in [4.78, 5) is 11.7. The van der Waals surface area contributed by atoms with Gasteiger partial charge < -0.3 is 24.8 Å². The van der Waals surface area contributed by atoms with Crippen molar-refractivity contribution in [1.29, 1.82) is 0 Å². The molecule has 1 rings (SSSR count). The van der Waals surface area contributed by atoms with Gasteiger partial charge in [0.2, 0.25) is 5.91 Å². The number of carbonyl (C=O) groups excluding carboxylic acids is 1. The number of carbonyl (C=O) groups is 1. The Morgan fingerprint density at radius 1 is 1.05 bits per heavy atom. The van der Waals surface area contributed by atoms with Gasteiger partial charge in [0.25, 0.3) is 0 Å². The topological polar surface area (TPSA) is 68.8 Å². The van der Waals surface area contributed by atoms with E-state index >= 15 is 0 Å². The zero-order chi connectivity index (χ0) is 15.7. The Morgan fingerprint density at radius 2 is 1.64 bits per heavy atom. The third-order valence-electron chi connectivity index (χ3n) is 3.09. The number of rotatable bonds is 9. The molecule has 0 fully saturated rings. The van der Waals surface area contributed by atoms with E-state index in [0.717, 1.165) is 18.5 Å². The van der Waals surface area contributed by atoms with Crippen molar-refractivity contribution < 1.29 is 19.0 Å². The molecule has 0 heterocycles. The van der Waals surface area contributed by atoms with Crippen molar-refractivity contribution in [3.05, 3.63) is 17.7 Å². The van der Waals surface area contributed by atoms with Crippen LogP contribution in [-0.4, -0.2) is 40.8 Å². The molecule has 0 unspecified atom stereocenters. The van der Waals surface area contributed by atoms with E-state index in [9.17, 15) is 4.79 Å². The molecule has 0 saturated heterocycles. The molecule has 0 bridgehead atoms. The minimum atomic E-state index is 0. The normalized spacial score (nSPS) is 9.64. The van der Waals surface area contributed by atoms with Crippen LogP contribution in [0.15, 0.2) is 12.1 Å². The van der Waals surface area contributed by atoms with Crippen LogP contribution in [-0.2, 0) is 11.3 Å². The molecule has 126 valence electrons. The number of hydrogen-bond acceptors (Lipinski definition) is 5. The highest BCUT2D eigenvalue weighted by atomic mass is 35.5. The smallest absolute Gasteiger partial charge is 0.220 e. The molecule has 0 saturated carbocycles. The van der Waals surface area contributed by atoms with Gasteiger partial charge in [0.05, 0.1) is 21.3 Å². The SMILES string of the molecule is CNCCCC(=O)NCc1cc(OC)c(OC)cc1OC.Cl. The van der Waals surface area contributed by atoms with Crippen molar-refractivity contribution in [2.45, 2.75) is 19.4 Å². The Labute approximate surface area is 137 Å². The number of hydrogen-bond donors (Lipinski definition) is 2. The van der Waals surface area contributed by atoms with Gasteiger partial charge in [-0.2, -0.15) is 0 Å². The standard InChI is InChI=1S/C15H24N2O4.ClH/c1-16-7-5-6-15(18)17-10-11-8-13(20-3)14(21-4)9-12(11)19-2;/h8-9,16H,5-7,10H2,1-4H3,(H,17,18);1H. The van der Waals surface area contributed by atoms with Crippen LogP contribution in [0.5, 0.6) is 17.2 Å². The highest BCUT2D eigenvalue weighted by Crippen LogP contribution is 2.34. The summed E-state index contributed by atoms with van der Waals surface area (Å²) in [5.74, 6) is 1.88. The number of ether oxygens (including phenoxy) is 3. The van der Waals surface area contributed by atoms with Gasteiger partial charge in [0, 0.05) is 24.6 Å². The van der Waals surface area contributed by atoms with Crippen molar-refractivity contribution in [3.8, 4) is 17.2 Å². The van der Waals surface area contributed by atoms with Crippen LogP contribution in [0.2, 0.25) is 0 Å². The molecule has 1 aromatic rings. The van der Waals surface area contributed by atoms with Crippen LogP contribution >= 0.6 is 12.4 Å². The maximum atomic E-state index is 11.7. The summed E-state index contributed by atoms with van der Waals surface area (Å²) in [5, 5.41) is 5.89. The summed E-state index contributed by atoms with van der Waals surface area (Å²) >= 11 is 0. The Morgan fingerprint density at radius 3 is 2.18 bits per heavy atom. The van der Waals surface area contributed by atoms with E-state index in [4.69, 9.17) is 14.2 Å². The average Bonchev–Trinajstić information content (AvgIpc) is 2.52. The van der Waals surface area contributed by atoms with Crippen molar-refractivity contribution in [2.75, 3.05) is 34.9 Å². The summed E-state index contributed by atoms with van der Waals surface area (Å²) in [6.45, 7) is 1.22. The van der Waals surface area contributed by atoms with Gasteiger partial charge in [-0.05, 0) is 26.1 Å². The monoisotopic (exact) mass is 332 g/mol. The molecule has 1 aromatic carbocycles. The van der Waals surface area contributed by atoms with E-state index in [2.05, 4.69) is 10.6 Å². The van der Waals surface area contributed by atoms with Crippen molar-refractivity contribution in [1.82, 2.24) is 10.6 Å². The summed E-state index contributed by atoms with van der Waals surface area (Å²) < 4.78 is 15.8. The van der Waals surface area contributed by atoms with Crippen LogP contribution in [0, 0.1) is 0 Å². The first-order valence-electron chi connectivity index (χ1n) is 6.86. The lowest BCUT2D eigenvalue weighted by atomic mass is 10.1. The first kappa shape index (κ1) is 20.3. The van der Waals surface area contributed by atoms with Crippen LogP contribution in [0.1, 0.15) is 18.4 Å². The van der Waals surface area contributed by atoms with Crippen molar-refractivity contribution in [3.63, 3.8) is 0 Å². The molecule has 6 nitrogen and oxygen atoms in total. The molecule has 22 heavy (non-hydrogen) atoms. The Kier molecular flexibility index (Phi) is 10.2. The molecule has 7 heteroatoms. The number of nitrogens with one attached hydrogen (secondary N) is 2. The van der Waals surface area contributed by atoms with Crippen LogP contribution in [0.4, 0.5) is 0 Å². The highest BCUT2D eigenvalue weighted by Gasteiger charge is 2.12. The van der Waals surface area contributed by atoms with Gasteiger partial charge in [0.15, 0.2) is 11.5 Å². The van der Waals surface area contributed by atoms with Crippen LogP contribution in [0.25, 0.3) is 0 Å². The lowest BCUT2D eigenvalue weighted by Gasteiger charge is -2.14. The van der Waals surface area contributed by atoms with Gasteiger partial charge >= 0.3 is 0 Å². The van der Waals surface area contributed by atoms with E-state index in [1.807, 2.05) is 13.1 Å². The van der Waals surface area contributed by atoms with Crippen molar-refractivity contribution >= 4 is 18.3 Å². The lowest BCUT2D eigenvalue weighted by molar-refractivity contribution is -0.121. The largest absolute Gasteiger partial charge is 0.496 e. The number of amides is 1. The van der Waals surface area contributed by atoms with E-state index in [1.165, 1.54) is 0 Å². The van der Waals surface area contributed by atoms with Gasteiger partial charge in [0.1, 0.15) is 5.75 Å². The number of benzene rings is 1. The van der Waals surface area contributed by atoms with E-state index in [0.29, 0.717) is 30.2 Å². The Hall–Kier alpha value is -1.66. The maximum Gasteiger partial charge on any atom is 0.220 e. The Balaban J connectivity index is 0.00000441. The molecular formula is C15H25ClN2O4. The molecule has 0 aliphatic carbocycles. The predicted molar refractivity (Wildman–Crippen MR) is 88.4 cm³/mol. The number of halogens is 1. The molecule has 0 spiro atoms. The van der Waals surface area contributed by atoms with Gasteiger partial charge in [-0.1, -0.05) is 0 Å². The van der Waals surface area contributed by atoms with Crippen LogP contribution < -0.4 is 24.8 Å². The molecule has 0 aliphatic rings. The second kappa shape index (κ2) is 11.0. The molecule has 0 aromatic heterocycles. The van der Waals surface area contributed by atoms with E-state index in [1.54, 1.807) is 27.4 Å². The zero-order valence-electron chi connectivity index (χ0n) is 13.5. The summed E-state index contributed by atoms with van der Waals surface area (Å²) in [7, 11) is 6.59. The summed E-state index contributed by atoms with van der Waals surface area (Å²) in [5.41, 5.74) is 0.845. The van der Waals surface area contributed by atoms with E-state index < -0.39 is 0 Å². The zero-order valence-corrected chi connectivity index (χ0v) is 14.3. The fraction of sp³-hybridized carbons (Fsp3) is 0.533. The molecule has 0 aliphatic heterocycles. The minimum Gasteiger partial charge on any atom is -0.496 e. The molecule has 1 amide bonds. The van der Waals surface area contributed by atoms with Gasteiger partial charge in [-0.15, -0.1) is 12.4 Å². The summed E-state index contributed by atoms with van der Waals surface area (Å²) in [6, 6.07) is 3.56. The molecule has 0 atom stereocenters. The van der Waals surface area contributed by atoms with Crippen molar-refractivity contribution in [2.24, 2.45) is 0 Å². The molecule has 0 radical (unpaired) electrons. The average molecular weight is 333 g/mol. The first-order valence-corrected chi connectivity index (χ1v) is 6.86. The van der Waals surface area contributed by atoms with Gasteiger partial charge in [-0.25, -0.2) is 0 Å². The third kappa shape index (κ3) is 5.99. The third-order valence-corrected chi connectivity index (χ3v) is 3.09. The Bertz CT molecular complexity index is 469. The molecular weight excluding hydrogens is 308 g/mol. The fourth-order valence-electron chi connectivity index (χ4n) is 1.94. The highest BCUT2D eigenvalue weighted by molar-refractivity contribution is 5.85. The summed E-state index contributed by atoms with van der Waals surface area (Å²) in [6.07, 6.45) is 1.31. The second-order valence-electron chi connectivity index (χ2n) is 4.50. The quantitative estimate of drug-likeness (QED) is 0.674. The molecule has 2 N–H and O–H groups in total. The minimum absolute atomic E-state index is 0. The maximum absolute atomic E-state index is 11.7. The van der Waals surface area contributed by atoms with E-state index in [-0.39, 0.29) is 18.3 Å².